The van der Waals surface area contributed by atoms with Crippen molar-refractivity contribution >= 4 is 40.5 Å². The van der Waals surface area contributed by atoms with E-state index in [0.717, 1.165) is 30.1 Å². The smallest absolute Gasteiger partial charge is 0.253 e. The van der Waals surface area contributed by atoms with Crippen LogP contribution in [-0.2, 0) is 6.42 Å². The van der Waals surface area contributed by atoms with Crippen LogP contribution in [0.1, 0.15) is 22.3 Å². The number of anilines is 1. The highest BCUT2D eigenvalue weighted by atomic mass is 35.5. The molecule has 2 aromatic rings. The van der Waals surface area contributed by atoms with Crippen molar-refractivity contribution in [2.75, 3.05) is 26.0 Å². The van der Waals surface area contributed by atoms with Crippen LogP contribution in [0.15, 0.2) is 48.5 Å². The van der Waals surface area contributed by atoms with Gasteiger partial charge in [-0.15, -0.1) is 0 Å². The zero-order valence-corrected chi connectivity index (χ0v) is 16.0. The fraction of sp³-hybridized carbons (Fsp3) is 0.263. The fourth-order valence-corrected chi connectivity index (χ4v) is 2.62. The predicted molar refractivity (Wildman–Crippen MR) is 108 cm³/mol. The van der Waals surface area contributed by atoms with Crippen molar-refractivity contribution in [2.45, 2.75) is 12.8 Å². The number of carbonyl (C=O) groups is 1. The molecule has 6 heteroatoms. The minimum Gasteiger partial charge on any atom is -0.362 e. The van der Waals surface area contributed by atoms with E-state index in [1.165, 1.54) is 5.56 Å². The molecular weight excluding hydrogens is 354 g/mol. The van der Waals surface area contributed by atoms with Gasteiger partial charge in [0.15, 0.2) is 5.11 Å². The first kappa shape index (κ1) is 19.2. The summed E-state index contributed by atoms with van der Waals surface area (Å²) in [5.41, 5.74) is 2.76. The summed E-state index contributed by atoms with van der Waals surface area (Å²) in [7, 11) is 3.47. The Labute approximate surface area is 159 Å². The largest absolute Gasteiger partial charge is 0.362 e. The van der Waals surface area contributed by atoms with Crippen molar-refractivity contribution in [2.24, 2.45) is 0 Å². The highest BCUT2D eigenvalue weighted by Crippen LogP contribution is 2.12. The van der Waals surface area contributed by atoms with Gasteiger partial charge in [-0.25, -0.2) is 0 Å². The van der Waals surface area contributed by atoms with Gasteiger partial charge in [0.2, 0.25) is 0 Å². The first-order valence-electron chi connectivity index (χ1n) is 8.07. The molecule has 0 bridgehead atoms. The number of nitrogens with zero attached hydrogens (tertiary/aromatic N) is 1. The SMILES string of the molecule is CN(C)C(=O)c1ccc(NC(=S)NCCCc2ccc(Cl)cc2)cc1. The van der Waals surface area contributed by atoms with Crippen LogP contribution in [0.3, 0.4) is 0 Å². The van der Waals surface area contributed by atoms with Crippen molar-refractivity contribution in [1.82, 2.24) is 10.2 Å². The molecule has 0 aromatic heterocycles. The van der Waals surface area contributed by atoms with Gasteiger partial charge in [0, 0.05) is 36.9 Å². The third kappa shape index (κ3) is 6.36. The lowest BCUT2D eigenvalue weighted by Gasteiger charge is -2.12. The molecule has 0 aliphatic rings. The third-order valence-corrected chi connectivity index (χ3v) is 4.14. The van der Waals surface area contributed by atoms with Crippen LogP contribution in [0, 0.1) is 0 Å². The second kappa shape index (κ2) is 9.39. The quantitative estimate of drug-likeness (QED) is 0.592. The number of rotatable bonds is 6. The number of hydrogen-bond donors (Lipinski definition) is 2. The Kier molecular flexibility index (Phi) is 7.22. The molecule has 2 N–H and O–H groups in total. The molecule has 2 aromatic carbocycles. The Bertz CT molecular complexity index is 714. The lowest BCUT2D eigenvalue weighted by molar-refractivity contribution is 0.0827. The van der Waals surface area contributed by atoms with Gasteiger partial charge < -0.3 is 15.5 Å². The number of amides is 1. The number of benzene rings is 2. The molecule has 25 heavy (non-hydrogen) atoms. The van der Waals surface area contributed by atoms with Crippen LogP contribution in [0.25, 0.3) is 0 Å². The van der Waals surface area contributed by atoms with Gasteiger partial charge in [0.25, 0.3) is 5.91 Å². The van der Waals surface area contributed by atoms with Crippen LogP contribution >= 0.6 is 23.8 Å². The van der Waals surface area contributed by atoms with Gasteiger partial charge in [0.05, 0.1) is 0 Å². The highest BCUT2D eigenvalue weighted by Gasteiger charge is 2.07. The Hall–Kier alpha value is -2.11. The standard InChI is InChI=1S/C19H22ClN3OS/c1-23(2)18(24)15-7-11-17(12-8-15)22-19(25)21-13-3-4-14-5-9-16(20)10-6-14/h5-12H,3-4,13H2,1-2H3,(H2,21,22,25). The van der Waals surface area contributed by atoms with Crippen molar-refractivity contribution in [3.63, 3.8) is 0 Å². The van der Waals surface area contributed by atoms with E-state index in [-0.39, 0.29) is 5.91 Å². The Morgan fingerprint density at radius 2 is 1.72 bits per heavy atom. The lowest BCUT2D eigenvalue weighted by Crippen LogP contribution is -2.29. The fourth-order valence-electron chi connectivity index (χ4n) is 2.28. The van der Waals surface area contributed by atoms with Gasteiger partial charge in [-0.2, -0.15) is 0 Å². The van der Waals surface area contributed by atoms with E-state index in [2.05, 4.69) is 10.6 Å². The molecule has 0 aliphatic carbocycles. The maximum absolute atomic E-state index is 11.8. The summed E-state index contributed by atoms with van der Waals surface area (Å²) in [5.74, 6) is -0.0190. The van der Waals surface area contributed by atoms with Gasteiger partial charge in [-0.3, -0.25) is 4.79 Å². The lowest BCUT2D eigenvalue weighted by atomic mass is 10.1. The normalized spacial score (nSPS) is 10.2. The molecule has 0 aliphatic heterocycles. The van der Waals surface area contributed by atoms with Crippen molar-refractivity contribution in [1.29, 1.82) is 0 Å². The second-order valence-electron chi connectivity index (χ2n) is 5.89. The monoisotopic (exact) mass is 375 g/mol. The average molecular weight is 376 g/mol. The number of nitrogens with one attached hydrogen (secondary N) is 2. The zero-order valence-electron chi connectivity index (χ0n) is 14.4. The summed E-state index contributed by atoms with van der Waals surface area (Å²) in [6, 6.07) is 15.1. The van der Waals surface area contributed by atoms with Crippen LogP contribution < -0.4 is 10.6 Å². The van der Waals surface area contributed by atoms with E-state index in [1.54, 1.807) is 31.1 Å². The van der Waals surface area contributed by atoms with E-state index in [1.807, 2.05) is 36.4 Å². The van der Waals surface area contributed by atoms with E-state index in [9.17, 15) is 4.79 Å². The summed E-state index contributed by atoms with van der Waals surface area (Å²) in [5, 5.41) is 7.64. The van der Waals surface area contributed by atoms with Crippen molar-refractivity contribution < 1.29 is 4.79 Å². The summed E-state index contributed by atoms with van der Waals surface area (Å²) in [6.45, 7) is 0.783. The van der Waals surface area contributed by atoms with Gasteiger partial charge in [-0.05, 0) is 67.0 Å². The maximum Gasteiger partial charge on any atom is 0.253 e. The number of halogens is 1. The van der Waals surface area contributed by atoms with Gasteiger partial charge >= 0.3 is 0 Å². The molecule has 0 fully saturated rings. The Morgan fingerprint density at radius 3 is 2.32 bits per heavy atom. The first-order chi connectivity index (χ1) is 12.0. The molecule has 0 heterocycles. The van der Waals surface area contributed by atoms with Crippen LogP contribution in [0.4, 0.5) is 5.69 Å². The molecule has 0 spiro atoms. The molecule has 0 atom stereocenters. The highest BCUT2D eigenvalue weighted by molar-refractivity contribution is 7.80. The van der Waals surface area contributed by atoms with Crippen molar-refractivity contribution in [3.8, 4) is 0 Å². The predicted octanol–water partition coefficient (Wildman–Crippen LogP) is 3.96. The van der Waals surface area contributed by atoms with Crippen LogP contribution in [-0.4, -0.2) is 36.6 Å². The number of aryl methyl sites for hydroxylation is 1. The molecule has 0 saturated carbocycles. The molecule has 132 valence electrons. The summed E-state index contributed by atoms with van der Waals surface area (Å²) in [4.78, 5) is 13.4. The molecular formula is C19H22ClN3OS. The van der Waals surface area contributed by atoms with E-state index in [4.69, 9.17) is 23.8 Å². The maximum atomic E-state index is 11.8. The number of thiocarbonyl (C=S) groups is 1. The minimum atomic E-state index is -0.0190. The number of hydrogen-bond acceptors (Lipinski definition) is 2. The van der Waals surface area contributed by atoms with Crippen LogP contribution in [0.5, 0.6) is 0 Å². The Morgan fingerprint density at radius 1 is 1.08 bits per heavy atom. The van der Waals surface area contributed by atoms with Gasteiger partial charge in [0.1, 0.15) is 0 Å². The van der Waals surface area contributed by atoms with Crippen molar-refractivity contribution in [3.05, 3.63) is 64.7 Å². The minimum absolute atomic E-state index is 0.0190. The molecule has 0 unspecified atom stereocenters. The van der Waals surface area contributed by atoms with E-state index in [0.29, 0.717) is 10.7 Å². The Balaban J connectivity index is 1.73. The summed E-state index contributed by atoms with van der Waals surface area (Å²) < 4.78 is 0. The summed E-state index contributed by atoms with van der Waals surface area (Å²) in [6.07, 6.45) is 1.94. The van der Waals surface area contributed by atoms with E-state index < -0.39 is 0 Å². The molecule has 0 radical (unpaired) electrons. The molecule has 0 saturated heterocycles. The summed E-state index contributed by atoms with van der Waals surface area (Å²) >= 11 is 11.2. The molecule has 2 rings (SSSR count). The molecule has 1 amide bonds. The molecule has 4 nitrogen and oxygen atoms in total. The van der Waals surface area contributed by atoms with Gasteiger partial charge in [-0.1, -0.05) is 23.7 Å². The number of carbonyl (C=O) groups excluding carboxylic acids is 1. The zero-order chi connectivity index (χ0) is 18.2. The third-order valence-electron chi connectivity index (χ3n) is 3.64. The first-order valence-corrected chi connectivity index (χ1v) is 8.85. The second-order valence-corrected chi connectivity index (χ2v) is 6.73. The van der Waals surface area contributed by atoms with Crippen LogP contribution in [0.2, 0.25) is 5.02 Å². The van der Waals surface area contributed by atoms with E-state index >= 15 is 0 Å². The topological polar surface area (TPSA) is 44.4 Å². The average Bonchev–Trinajstić information content (AvgIpc) is 2.60.